The van der Waals surface area contributed by atoms with Crippen LogP contribution in [0.5, 0.6) is 0 Å². The van der Waals surface area contributed by atoms with E-state index >= 15 is 0 Å². The molecule has 0 unspecified atom stereocenters. The van der Waals surface area contributed by atoms with E-state index in [2.05, 4.69) is 25.9 Å². The van der Waals surface area contributed by atoms with Crippen molar-refractivity contribution in [2.45, 2.75) is 0 Å². The van der Waals surface area contributed by atoms with Crippen molar-refractivity contribution in [2.75, 3.05) is 5.73 Å². The van der Waals surface area contributed by atoms with Gasteiger partial charge < -0.3 is 5.73 Å². The summed E-state index contributed by atoms with van der Waals surface area (Å²) in [5, 5.41) is 0. The molecule has 0 aliphatic rings. The highest BCUT2D eigenvalue weighted by Crippen LogP contribution is 2.10. The molecule has 4 nitrogen and oxygen atoms in total. The number of nitrogens with zero attached hydrogens (tertiary/aromatic N) is 3. The van der Waals surface area contributed by atoms with Crippen LogP contribution >= 0.6 is 15.9 Å². The molecule has 0 saturated heterocycles. The summed E-state index contributed by atoms with van der Waals surface area (Å²) in [6.07, 6.45) is 5.13. The van der Waals surface area contributed by atoms with Gasteiger partial charge in [0.1, 0.15) is 16.7 Å². The number of pyridine rings is 1. The van der Waals surface area contributed by atoms with Crippen LogP contribution in [0.25, 0.3) is 5.82 Å². The number of nitrogen functional groups attached to an aromatic ring is 1. The lowest BCUT2D eigenvalue weighted by Crippen LogP contribution is -1.94. The highest BCUT2D eigenvalue weighted by atomic mass is 79.9. The fourth-order valence-electron chi connectivity index (χ4n) is 0.974. The van der Waals surface area contributed by atoms with E-state index in [0.717, 1.165) is 10.4 Å². The highest BCUT2D eigenvalue weighted by molar-refractivity contribution is 9.10. The minimum Gasteiger partial charge on any atom is -0.397 e. The predicted octanol–water partition coefficient (Wildman–Crippen LogP) is 1.61. The second-order valence-electron chi connectivity index (χ2n) is 2.55. The first-order valence-corrected chi connectivity index (χ1v) is 4.46. The molecule has 5 heteroatoms. The number of rotatable bonds is 1. The SMILES string of the molecule is Nc1ccc(-n2cnc(Br)c2)nc1. The van der Waals surface area contributed by atoms with Crippen molar-refractivity contribution in [1.29, 1.82) is 0 Å². The Morgan fingerprint density at radius 2 is 2.15 bits per heavy atom. The van der Waals surface area contributed by atoms with Gasteiger partial charge in [-0.25, -0.2) is 9.97 Å². The van der Waals surface area contributed by atoms with E-state index < -0.39 is 0 Å². The van der Waals surface area contributed by atoms with Gasteiger partial charge in [0, 0.05) is 6.20 Å². The van der Waals surface area contributed by atoms with E-state index in [9.17, 15) is 0 Å². The van der Waals surface area contributed by atoms with E-state index in [1.54, 1.807) is 18.6 Å². The molecule has 0 fully saturated rings. The third-order valence-electron chi connectivity index (χ3n) is 1.59. The average molecular weight is 239 g/mol. The van der Waals surface area contributed by atoms with Crippen LogP contribution in [-0.2, 0) is 0 Å². The molecule has 66 valence electrons. The van der Waals surface area contributed by atoms with E-state index in [4.69, 9.17) is 5.73 Å². The van der Waals surface area contributed by atoms with Crippen LogP contribution in [0, 0.1) is 0 Å². The van der Waals surface area contributed by atoms with E-state index in [0.29, 0.717) is 5.69 Å². The summed E-state index contributed by atoms with van der Waals surface area (Å²) in [7, 11) is 0. The molecule has 0 aliphatic carbocycles. The van der Waals surface area contributed by atoms with Crippen molar-refractivity contribution < 1.29 is 0 Å². The summed E-state index contributed by atoms with van der Waals surface area (Å²) >= 11 is 3.26. The molecule has 2 aromatic heterocycles. The van der Waals surface area contributed by atoms with Gasteiger partial charge in [-0.05, 0) is 28.1 Å². The molecule has 0 atom stereocenters. The first-order chi connectivity index (χ1) is 6.25. The van der Waals surface area contributed by atoms with Gasteiger partial charge in [0.05, 0.1) is 11.9 Å². The molecular formula is C8H7BrN4. The van der Waals surface area contributed by atoms with Crippen LogP contribution in [0.1, 0.15) is 0 Å². The van der Waals surface area contributed by atoms with Gasteiger partial charge in [-0.1, -0.05) is 0 Å². The number of nitrogens with two attached hydrogens (primary N) is 1. The Bertz CT molecular complexity index is 406. The Hall–Kier alpha value is -1.36. The predicted molar refractivity (Wildman–Crippen MR) is 53.5 cm³/mol. The zero-order chi connectivity index (χ0) is 9.26. The molecule has 2 N–H and O–H groups in total. The summed E-state index contributed by atoms with van der Waals surface area (Å²) < 4.78 is 2.59. The second kappa shape index (κ2) is 3.18. The van der Waals surface area contributed by atoms with Crippen LogP contribution in [0.4, 0.5) is 5.69 Å². The summed E-state index contributed by atoms with van der Waals surface area (Å²) in [6, 6.07) is 3.64. The standard InChI is InChI=1S/C8H7BrN4/c9-7-4-13(5-12-7)8-2-1-6(10)3-11-8/h1-5H,10H2. The van der Waals surface area contributed by atoms with Crippen LogP contribution in [0.15, 0.2) is 35.5 Å². The molecule has 2 aromatic rings. The third kappa shape index (κ3) is 1.70. The smallest absolute Gasteiger partial charge is 0.137 e. The fraction of sp³-hybridized carbons (Fsp3) is 0. The minimum atomic E-state index is 0.655. The molecule has 0 amide bonds. The van der Waals surface area contributed by atoms with Crippen LogP contribution in [0.3, 0.4) is 0 Å². The molecule has 0 radical (unpaired) electrons. The van der Waals surface area contributed by atoms with E-state index in [-0.39, 0.29) is 0 Å². The maximum absolute atomic E-state index is 5.51. The minimum absolute atomic E-state index is 0.655. The fourth-order valence-corrected chi connectivity index (χ4v) is 1.29. The lowest BCUT2D eigenvalue weighted by Gasteiger charge is -1.99. The number of anilines is 1. The Morgan fingerprint density at radius 3 is 2.69 bits per heavy atom. The molecule has 2 rings (SSSR count). The van der Waals surface area contributed by atoms with E-state index in [1.807, 2.05) is 16.8 Å². The van der Waals surface area contributed by atoms with Crippen molar-refractivity contribution >= 4 is 21.6 Å². The first-order valence-electron chi connectivity index (χ1n) is 3.67. The van der Waals surface area contributed by atoms with Gasteiger partial charge >= 0.3 is 0 Å². The topological polar surface area (TPSA) is 56.7 Å². The van der Waals surface area contributed by atoms with Crippen molar-refractivity contribution in [1.82, 2.24) is 14.5 Å². The molecule has 0 saturated carbocycles. The highest BCUT2D eigenvalue weighted by Gasteiger charge is 1.98. The van der Waals surface area contributed by atoms with Gasteiger partial charge in [-0.3, -0.25) is 4.57 Å². The van der Waals surface area contributed by atoms with Gasteiger partial charge in [0.15, 0.2) is 0 Å². The summed E-state index contributed by atoms with van der Waals surface area (Å²) in [4.78, 5) is 8.16. The summed E-state index contributed by atoms with van der Waals surface area (Å²) in [6.45, 7) is 0. The van der Waals surface area contributed by atoms with Crippen LogP contribution < -0.4 is 5.73 Å². The number of hydrogen-bond donors (Lipinski definition) is 1. The number of imidazole rings is 1. The normalized spacial score (nSPS) is 10.2. The Kier molecular flexibility index (Phi) is 2.02. The lowest BCUT2D eigenvalue weighted by molar-refractivity contribution is 0.994. The Balaban J connectivity index is 2.41. The van der Waals surface area contributed by atoms with Crippen LogP contribution in [-0.4, -0.2) is 14.5 Å². The largest absolute Gasteiger partial charge is 0.397 e. The molecule has 13 heavy (non-hydrogen) atoms. The maximum atomic E-state index is 5.51. The lowest BCUT2D eigenvalue weighted by atomic mass is 10.4. The Labute approximate surface area is 83.6 Å². The van der Waals surface area contributed by atoms with Gasteiger partial charge in [0.25, 0.3) is 0 Å². The number of halogens is 1. The monoisotopic (exact) mass is 238 g/mol. The van der Waals surface area contributed by atoms with Crippen molar-refractivity contribution in [2.24, 2.45) is 0 Å². The van der Waals surface area contributed by atoms with Crippen molar-refractivity contribution in [3.63, 3.8) is 0 Å². The third-order valence-corrected chi connectivity index (χ3v) is 2.00. The first kappa shape index (κ1) is 8.25. The number of aromatic nitrogens is 3. The zero-order valence-corrected chi connectivity index (χ0v) is 8.27. The summed E-state index contributed by atoms with van der Waals surface area (Å²) in [5.41, 5.74) is 6.17. The average Bonchev–Trinajstić information content (AvgIpc) is 2.53. The molecule has 0 aliphatic heterocycles. The summed E-state index contributed by atoms with van der Waals surface area (Å²) in [5.74, 6) is 0.799. The van der Waals surface area contributed by atoms with E-state index in [1.165, 1.54) is 0 Å². The molecule has 0 spiro atoms. The van der Waals surface area contributed by atoms with Gasteiger partial charge in [-0.2, -0.15) is 0 Å². The molecule has 2 heterocycles. The quantitative estimate of drug-likeness (QED) is 0.822. The molecular weight excluding hydrogens is 232 g/mol. The number of hydrogen-bond acceptors (Lipinski definition) is 3. The Morgan fingerprint density at radius 1 is 1.31 bits per heavy atom. The zero-order valence-electron chi connectivity index (χ0n) is 6.68. The van der Waals surface area contributed by atoms with Crippen LogP contribution in [0.2, 0.25) is 0 Å². The van der Waals surface area contributed by atoms with Gasteiger partial charge in [0.2, 0.25) is 0 Å². The maximum Gasteiger partial charge on any atom is 0.137 e. The van der Waals surface area contributed by atoms with Crippen molar-refractivity contribution in [3.05, 3.63) is 35.5 Å². The molecule has 0 aromatic carbocycles. The second-order valence-corrected chi connectivity index (χ2v) is 3.37. The van der Waals surface area contributed by atoms with Gasteiger partial charge in [-0.15, -0.1) is 0 Å². The molecule has 0 bridgehead atoms. The van der Waals surface area contributed by atoms with Crippen molar-refractivity contribution in [3.8, 4) is 5.82 Å².